The summed E-state index contributed by atoms with van der Waals surface area (Å²) in [6.07, 6.45) is 11.4. The van der Waals surface area contributed by atoms with Crippen molar-refractivity contribution in [1.29, 1.82) is 0 Å². The molecule has 108 valence electrons. The summed E-state index contributed by atoms with van der Waals surface area (Å²) >= 11 is 0. The number of para-hydroxylation sites is 1. The van der Waals surface area contributed by atoms with Gasteiger partial charge in [-0.05, 0) is 25.3 Å². The van der Waals surface area contributed by atoms with Crippen LogP contribution in [-0.2, 0) is 6.54 Å². The van der Waals surface area contributed by atoms with Crippen LogP contribution in [0.15, 0.2) is 53.7 Å². The monoisotopic (exact) mass is 281 g/mol. The molecule has 4 rings (SSSR count). The molecule has 1 N–H and O–H groups in total. The third-order valence-electron chi connectivity index (χ3n) is 4.50. The van der Waals surface area contributed by atoms with Crippen LogP contribution in [0.25, 0.3) is 11.0 Å². The average Bonchev–Trinajstić information content (AvgIpc) is 3.25. The summed E-state index contributed by atoms with van der Waals surface area (Å²) in [5, 5.41) is 4.92. The largest absolute Gasteiger partial charge is 0.464 e. The Morgan fingerprint density at radius 3 is 3.14 bits per heavy atom. The molecule has 1 fully saturated rings. The Morgan fingerprint density at radius 2 is 2.24 bits per heavy atom. The van der Waals surface area contributed by atoms with Gasteiger partial charge in [-0.2, -0.15) is 0 Å². The van der Waals surface area contributed by atoms with E-state index in [4.69, 9.17) is 4.42 Å². The van der Waals surface area contributed by atoms with E-state index in [1.807, 2.05) is 30.9 Å². The van der Waals surface area contributed by atoms with Crippen molar-refractivity contribution in [2.24, 2.45) is 0 Å². The molecule has 2 heterocycles. The highest BCUT2D eigenvalue weighted by atomic mass is 16.3. The Balaban J connectivity index is 1.49. The zero-order valence-electron chi connectivity index (χ0n) is 11.9. The van der Waals surface area contributed by atoms with E-state index in [1.54, 1.807) is 0 Å². The van der Waals surface area contributed by atoms with Gasteiger partial charge in [-0.25, -0.2) is 4.98 Å². The number of aromatic nitrogens is 2. The van der Waals surface area contributed by atoms with Gasteiger partial charge in [0.2, 0.25) is 0 Å². The van der Waals surface area contributed by atoms with Gasteiger partial charge in [0, 0.05) is 42.0 Å². The summed E-state index contributed by atoms with van der Waals surface area (Å²) in [6, 6.07) is 9.24. The van der Waals surface area contributed by atoms with Crippen molar-refractivity contribution < 1.29 is 4.42 Å². The van der Waals surface area contributed by atoms with Gasteiger partial charge in [0.15, 0.2) is 0 Å². The second kappa shape index (κ2) is 5.37. The van der Waals surface area contributed by atoms with Crippen LogP contribution < -0.4 is 5.32 Å². The lowest BCUT2D eigenvalue weighted by atomic mass is 10.1. The summed E-state index contributed by atoms with van der Waals surface area (Å²) < 4.78 is 7.84. The molecule has 0 aliphatic heterocycles. The van der Waals surface area contributed by atoms with Crippen LogP contribution in [0.5, 0.6) is 0 Å². The molecule has 1 aliphatic carbocycles. The van der Waals surface area contributed by atoms with Gasteiger partial charge in [-0.1, -0.05) is 18.2 Å². The third-order valence-corrected chi connectivity index (χ3v) is 4.50. The highest BCUT2D eigenvalue weighted by molar-refractivity contribution is 5.80. The number of rotatable bonds is 4. The van der Waals surface area contributed by atoms with Gasteiger partial charge >= 0.3 is 0 Å². The van der Waals surface area contributed by atoms with Crippen LogP contribution >= 0.6 is 0 Å². The van der Waals surface area contributed by atoms with Gasteiger partial charge in [0.1, 0.15) is 5.58 Å². The topological polar surface area (TPSA) is 43.0 Å². The predicted octanol–water partition coefficient (Wildman–Crippen LogP) is 3.51. The van der Waals surface area contributed by atoms with Crippen molar-refractivity contribution in [3.8, 4) is 0 Å². The van der Waals surface area contributed by atoms with Crippen molar-refractivity contribution in [3.63, 3.8) is 0 Å². The Kier molecular flexibility index (Phi) is 3.24. The number of nitrogens with zero attached hydrogens (tertiary/aromatic N) is 2. The molecule has 1 aromatic carbocycles. The summed E-state index contributed by atoms with van der Waals surface area (Å²) in [6.45, 7) is 0.854. The molecule has 0 radical (unpaired) electrons. The van der Waals surface area contributed by atoms with Gasteiger partial charge in [-0.3, -0.25) is 0 Å². The number of nitrogens with one attached hydrogen (secondary N) is 1. The lowest BCUT2D eigenvalue weighted by Crippen LogP contribution is -2.33. The van der Waals surface area contributed by atoms with Gasteiger partial charge in [0.25, 0.3) is 0 Å². The van der Waals surface area contributed by atoms with E-state index in [2.05, 4.69) is 33.2 Å². The number of imidazole rings is 1. The molecule has 0 amide bonds. The molecule has 4 nitrogen and oxygen atoms in total. The highest BCUT2D eigenvalue weighted by Crippen LogP contribution is 2.30. The first kappa shape index (κ1) is 12.7. The first-order valence-corrected chi connectivity index (χ1v) is 7.58. The maximum absolute atomic E-state index is 5.61. The van der Waals surface area contributed by atoms with Crippen molar-refractivity contribution in [1.82, 2.24) is 14.9 Å². The Morgan fingerprint density at radius 1 is 1.29 bits per heavy atom. The second-order valence-corrected chi connectivity index (χ2v) is 5.75. The SMILES string of the molecule is c1ccc2c(CNC3CCCC3n3ccnc3)coc2c1. The summed E-state index contributed by atoms with van der Waals surface area (Å²) in [7, 11) is 0. The fourth-order valence-corrected chi connectivity index (χ4v) is 3.41. The van der Waals surface area contributed by atoms with E-state index >= 15 is 0 Å². The smallest absolute Gasteiger partial charge is 0.134 e. The summed E-state index contributed by atoms with van der Waals surface area (Å²) in [5.41, 5.74) is 2.20. The van der Waals surface area contributed by atoms with Gasteiger partial charge in [-0.15, -0.1) is 0 Å². The van der Waals surface area contributed by atoms with Crippen LogP contribution in [0.1, 0.15) is 30.9 Å². The van der Waals surface area contributed by atoms with Crippen molar-refractivity contribution in [2.75, 3.05) is 0 Å². The quantitative estimate of drug-likeness (QED) is 0.795. The summed E-state index contributed by atoms with van der Waals surface area (Å²) in [4.78, 5) is 4.17. The zero-order chi connectivity index (χ0) is 14.1. The van der Waals surface area contributed by atoms with E-state index in [9.17, 15) is 0 Å². The first-order valence-electron chi connectivity index (χ1n) is 7.58. The molecule has 3 aromatic rings. The number of furan rings is 1. The lowest BCUT2D eigenvalue weighted by Gasteiger charge is -2.22. The van der Waals surface area contributed by atoms with Crippen LogP contribution in [-0.4, -0.2) is 15.6 Å². The summed E-state index contributed by atoms with van der Waals surface area (Å²) in [5.74, 6) is 0. The molecular formula is C17H19N3O. The molecule has 0 saturated heterocycles. The molecule has 0 bridgehead atoms. The van der Waals surface area contributed by atoms with Gasteiger partial charge < -0.3 is 14.3 Å². The number of hydrogen-bond acceptors (Lipinski definition) is 3. The van der Waals surface area contributed by atoms with Crippen LogP contribution in [0.3, 0.4) is 0 Å². The van der Waals surface area contributed by atoms with Crippen molar-refractivity contribution in [3.05, 3.63) is 54.8 Å². The van der Waals surface area contributed by atoms with Crippen LogP contribution in [0.4, 0.5) is 0 Å². The molecule has 1 saturated carbocycles. The lowest BCUT2D eigenvalue weighted by molar-refractivity contribution is 0.390. The molecule has 2 unspecified atom stereocenters. The van der Waals surface area contributed by atoms with Gasteiger partial charge in [0.05, 0.1) is 12.6 Å². The number of benzene rings is 1. The molecule has 2 aromatic heterocycles. The maximum Gasteiger partial charge on any atom is 0.134 e. The molecular weight excluding hydrogens is 262 g/mol. The molecule has 0 spiro atoms. The van der Waals surface area contributed by atoms with E-state index in [1.165, 1.54) is 30.2 Å². The Hall–Kier alpha value is -2.07. The second-order valence-electron chi connectivity index (χ2n) is 5.75. The van der Waals surface area contributed by atoms with E-state index in [0.29, 0.717) is 12.1 Å². The Bertz CT molecular complexity index is 717. The number of fused-ring (bicyclic) bond motifs is 1. The minimum Gasteiger partial charge on any atom is -0.464 e. The minimum atomic E-state index is 0.507. The standard InChI is InChI=1S/C17H19N3O/c1-2-7-17-14(4-1)13(11-21-17)10-19-15-5-3-6-16(15)20-9-8-18-12-20/h1-2,4,7-9,11-12,15-16,19H,3,5-6,10H2. The number of hydrogen-bond donors (Lipinski definition) is 1. The highest BCUT2D eigenvalue weighted by Gasteiger charge is 2.28. The van der Waals surface area contributed by atoms with Crippen LogP contribution in [0, 0.1) is 0 Å². The fourth-order valence-electron chi connectivity index (χ4n) is 3.41. The predicted molar refractivity (Wildman–Crippen MR) is 82.0 cm³/mol. The zero-order valence-corrected chi connectivity index (χ0v) is 11.9. The first-order chi connectivity index (χ1) is 10.4. The van der Waals surface area contributed by atoms with E-state index in [0.717, 1.165) is 12.1 Å². The molecule has 2 atom stereocenters. The Labute approximate surface area is 123 Å². The molecule has 4 heteroatoms. The average molecular weight is 281 g/mol. The fraction of sp³-hybridized carbons (Fsp3) is 0.353. The van der Waals surface area contributed by atoms with Crippen molar-refractivity contribution >= 4 is 11.0 Å². The molecule has 1 aliphatic rings. The van der Waals surface area contributed by atoms with E-state index < -0.39 is 0 Å². The maximum atomic E-state index is 5.61. The van der Waals surface area contributed by atoms with Crippen LogP contribution in [0.2, 0.25) is 0 Å². The third kappa shape index (κ3) is 2.36. The van der Waals surface area contributed by atoms with Crippen molar-refractivity contribution in [2.45, 2.75) is 37.9 Å². The van der Waals surface area contributed by atoms with E-state index in [-0.39, 0.29) is 0 Å². The molecule has 21 heavy (non-hydrogen) atoms. The normalized spacial score (nSPS) is 22.1. The minimum absolute atomic E-state index is 0.507.